The molecule has 0 bridgehead atoms. The van der Waals surface area contributed by atoms with E-state index in [4.69, 9.17) is 32.7 Å². The molecule has 166 valence electrons. The van der Waals surface area contributed by atoms with Crippen LogP contribution in [0.4, 0.5) is 0 Å². The third kappa shape index (κ3) is 7.89. The lowest BCUT2D eigenvalue weighted by molar-refractivity contribution is 0.267. The largest absolute Gasteiger partial charge is 0.490 e. The van der Waals surface area contributed by atoms with Crippen molar-refractivity contribution in [2.45, 2.75) is 26.5 Å². The van der Waals surface area contributed by atoms with Crippen LogP contribution >= 0.6 is 51.5 Å². The topological polar surface area (TPSA) is 30.5 Å². The van der Waals surface area contributed by atoms with E-state index in [9.17, 15) is 0 Å². The molecule has 31 heavy (non-hydrogen) atoms. The van der Waals surface area contributed by atoms with Gasteiger partial charge < -0.3 is 14.8 Å². The summed E-state index contributed by atoms with van der Waals surface area (Å²) in [6.45, 7) is 4.53. The minimum atomic E-state index is 0. The fraction of sp³-hybridized carbons (Fsp3) is 0.250. The molecule has 7 heteroatoms. The first-order chi connectivity index (χ1) is 14.6. The fourth-order valence-corrected chi connectivity index (χ4v) is 4.14. The summed E-state index contributed by atoms with van der Waals surface area (Å²) < 4.78 is 12.8. The summed E-state index contributed by atoms with van der Waals surface area (Å²) in [6.07, 6.45) is 0.827. The minimum absolute atomic E-state index is 0. The summed E-state index contributed by atoms with van der Waals surface area (Å²) in [5.74, 6) is 1.46. The highest BCUT2D eigenvalue weighted by molar-refractivity contribution is 9.10. The molecule has 0 amide bonds. The molecule has 0 aliphatic heterocycles. The Kier molecular flexibility index (Phi) is 11.0. The van der Waals surface area contributed by atoms with Crippen molar-refractivity contribution in [1.29, 1.82) is 0 Å². The summed E-state index contributed by atoms with van der Waals surface area (Å²) in [7, 11) is 0. The lowest BCUT2D eigenvalue weighted by atomic mass is 10.1. The molecular weight excluding hydrogens is 521 g/mol. The van der Waals surface area contributed by atoms with Crippen LogP contribution in [0.15, 0.2) is 65.1 Å². The van der Waals surface area contributed by atoms with Gasteiger partial charge in [0.25, 0.3) is 0 Å². The van der Waals surface area contributed by atoms with Crippen LogP contribution in [0, 0.1) is 0 Å². The average molecular weight is 546 g/mol. The van der Waals surface area contributed by atoms with Crippen LogP contribution in [-0.4, -0.2) is 13.2 Å². The highest BCUT2D eigenvalue weighted by Crippen LogP contribution is 2.37. The molecule has 0 spiro atoms. The smallest absolute Gasteiger partial charge is 0.175 e. The van der Waals surface area contributed by atoms with E-state index < -0.39 is 0 Å². The molecule has 0 heterocycles. The summed E-state index contributed by atoms with van der Waals surface area (Å²) in [4.78, 5) is 0. The predicted octanol–water partition coefficient (Wildman–Crippen LogP) is 7.49. The van der Waals surface area contributed by atoms with Gasteiger partial charge in [-0.1, -0.05) is 59.6 Å². The van der Waals surface area contributed by atoms with E-state index in [0.29, 0.717) is 29.8 Å². The molecule has 0 aliphatic rings. The second kappa shape index (κ2) is 13.2. The molecule has 3 aromatic rings. The van der Waals surface area contributed by atoms with Crippen LogP contribution in [0.5, 0.6) is 11.5 Å². The van der Waals surface area contributed by atoms with Crippen molar-refractivity contribution >= 4 is 51.5 Å². The highest BCUT2D eigenvalue weighted by atomic mass is 79.9. The lowest BCUT2D eigenvalue weighted by Gasteiger charge is -2.16. The quantitative estimate of drug-likeness (QED) is 0.268. The molecule has 1 N–H and O–H groups in total. The number of halogens is 4. The number of nitrogens with one attached hydrogen (secondary N) is 1. The van der Waals surface area contributed by atoms with E-state index in [1.807, 2.05) is 55.5 Å². The molecule has 0 saturated carbocycles. The van der Waals surface area contributed by atoms with E-state index in [0.717, 1.165) is 45.6 Å². The van der Waals surface area contributed by atoms with Gasteiger partial charge in [-0.3, -0.25) is 0 Å². The third-order valence-electron chi connectivity index (χ3n) is 4.51. The van der Waals surface area contributed by atoms with Crippen LogP contribution in [0.25, 0.3) is 0 Å². The summed E-state index contributed by atoms with van der Waals surface area (Å²) in [5.41, 5.74) is 3.30. The third-order valence-corrected chi connectivity index (χ3v) is 5.69. The van der Waals surface area contributed by atoms with Gasteiger partial charge in [0.15, 0.2) is 11.5 Å². The number of hydrogen-bond donors (Lipinski definition) is 1. The van der Waals surface area contributed by atoms with E-state index >= 15 is 0 Å². The normalized spacial score (nSPS) is 10.5. The molecule has 0 radical (unpaired) electrons. The monoisotopic (exact) mass is 543 g/mol. The Labute approximate surface area is 208 Å². The van der Waals surface area contributed by atoms with Gasteiger partial charge in [0.1, 0.15) is 6.61 Å². The molecule has 3 rings (SSSR count). The SMILES string of the molecule is CCOc1cc(CNCCc2ccc(Cl)cc2Cl)cc(Br)c1OCc1ccccc1.Cl. The molecule has 0 unspecified atom stereocenters. The van der Waals surface area contributed by atoms with E-state index in [-0.39, 0.29) is 12.4 Å². The zero-order chi connectivity index (χ0) is 21.3. The van der Waals surface area contributed by atoms with Gasteiger partial charge in [0, 0.05) is 16.6 Å². The van der Waals surface area contributed by atoms with Gasteiger partial charge in [-0.25, -0.2) is 0 Å². The number of rotatable bonds is 10. The molecule has 3 nitrogen and oxygen atoms in total. The van der Waals surface area contributed by atoms with Crippen molar-refractivity contribution in [3.63, 3.8) is 0 Å². The maximum absolute atomic E-state index is 6.24. The first-order valence-electron chi connectivity index (χ1n) is 9.83. The Bertz CT molecular complexity index is 971. The first kappa shape index (κ1) is 25.8. The van der Waals surface area contributed by atoms with Gasteiger partial charge in [-0.05, 0) is 76.8 Å². The number of ether oxygens (including phenoxy) is 2. The van der Waals surface area contributed by atoms with Gasteiger partial charge in [-0.2, -0.15) is 0 Å². The molecule has 0 saturated heterocycles. The molecule has 0 aromatic heterocycles. The van der Waals surface area contributed by atoms with Crippen molar-refractivity contribution < 1.29 is 9.47 Å². The van der Waals surface area contributed by atoms with E-state index in [2.05, 4.69) is 27.3 Å². The number of benzene rings is 3. The van der Waals surface area contributed by atoms with Gasteiger partial charge in [0.2, 0.25) is 0 Å². The zero-order valence-corrected chi connectivity index (χ0v) is 21.1. The minimum Gasteiger partial charge on any atom is -0.490 e. The molecular formula is C24H25BrCl3NO2. The molecule has 0 atom stereocenters. The van der Waals surface area contributed by atoms with Crippen molar-refractivity contribution in [3.8, 4) is 11.5 Å². The Morgan fingerprint density at radius 2 is 1.71 bits per heavy atom. The standard InChI is InChI=1S/C24H24BrCl2NO2.ClH/c1-2-29-23-13-18(15-28-11-10-19-8-9-20(26)14-22(19)27)12-21(25)24(23)30-16-17-6-4-3-5-7-17;/h3-9,12-14,28H,2,10-11,15-16H2,1H3;1H. The van der Waals surface area contributed by atoms with Crippen LogP contribution in [0.2, 0.25) is 10.0 Å². The number of hydrogen-bond acceptors (Lipinski definition) is 3. The molecule has 3 aromatic carbocycles. The van der Waals surface area contributed by atoms with Crippen molar-refractivity contribution in [2.75, 3.05) is 13.2 Å². The Hall–Kier alpha value is -1.43. The zero-order valence-electron chi connectivity index (χ0n) is 17.2. The maximum atomic E-state index is 6.24. The Balaban J connectivity index is 0.00000341. The second-order valence-electron chi connectivity index (χ2n) is 6.77. The van der Waals surface area contributed by atoms with Crippen LogP contribution < -0.4 is 14.8 Å². The average Bonchev–Trinajstić information content (AvgIpc) is 2.73. The first-order valence-corrected chi connectivity index (χ1v) is 11.4. The Morgan fingerprint density at radius 1 is 0.935 bits per heavy atom. The maximum Gasteiger partial charge on any atom is 0.175 e. The highest BCUT2D eigenvalue weighted by Gasteiger charge is 2.13. The Morgan fingerprint density at radius 3 is 2.42 bits per heavy atom. The van der Waals surface area contributed by atoms with Crippen molar-refractivity contribution in [3.05, 3.63) is 91.9 Å². The summed E-state index contributed by atoms with van der Waals surface area (Å²) >= 11 is 15.8. The van der Waals surface area contributed by atoms with Crippen LogP contribution in [-0.2, 0) is 19.6 Å². The van der Waals surface area contributed by atoms with Crippen molar-refractivity contribution in [2.24, 2.45) is 0 Å². The van der Waals surface area contributed by atoms with Gasteiger partial charge in [-0.15, -0.1) is 12.4 Å². The fourth-order valence-electron chi connectivity index (χ4n) is 3.04. The van der Waals surface area contributed by atoms with Crippen molar-refractivity contribution in [1.82, 2.24) is 5.32 Å². The van der Waals surface area contributed by atoms with Gasteiger partial charge in [0.05, 0.1) is 11.1 Å². The van der Waals surface area contributed by atoms with E-state index in [1.54, 1.807) is 6.07 Å². The molecule has 0 aliphatic carbocycles. The molecule has 0 fully saturated rings. The van der Waals surface area contributed by atoms with E-state index in [1.165, 1.54) is 0 Å². The second-order valence-corrected chi connectivity index (χ2v) is 8.47. The lowest BCUT2D eigenvalue weighted by Crippen LogP contribution is -2.17. The summed E-state index contributed by atoms with van der Waals surface area (Å²) in [6, 6.07) is 19.8. The summed E-state index contributed by atoms with van der Waals surface area (Å²) in [5, 5.41) is 4.81. The van der Waals surface area contributed by atoms with Crippen LogP contribution in [0.3, 0.4) is 0 Å². The predicted molar refractivity (Wildman–Crippen MR) is 135 cm³/mol. The van der Waals surface area contributed by atoms with Crippen LogP contribution in [0.1, 0.15) is 23.6 Å². The van der Waals surface area contributed by atoms with Gasteiger partial charge >= 0.3 is 0 Å².